The monoisotopic (exact) mass is 213 g/mol. The molecule has 0 saturated carbocycles. The molecular formula is C9H12ClN3O. The highest BCUT2D eigenvalue weighted by atomic mass is 35.5. The first kappa shape index (κ1) is 10.9. The Morgan fingerprint density at radius 2 is 2.50 bits per heavy atom. The van der Waals surface area contributed by atoms with Crippen LogP contribution in [-0.4, -0.2) is 23.1 Å². The Morgan fingerprint density at radius 3 is 3.14 bits per heavy atom. The van der Waals surface area contributed by atoms with Gasteiger partial charge in [-0.25, -0.2) is 9.78 Å². The fourth-order valence-corrected chi connectivity index (χ4v) is 1.26. The molecule has 5 heteroatoms. The highest BCUT2D eigenvalue weighted by molar-refractivity contribution is 6.30. The van der Waals surface area contributed by atoms with Gasteiger partial charge in [0, 0.05) is 19.3 Å². The second-order valence-electron chi connectivity index (χ2n) is 2.96. The molecule has 1 N–H and O–H groups in total. The number of hydrogen-bond donors (Lipinski definition) is 1. The van der Waals surface area contributed by atoms with Crippen molar-refractivity contribution in [3.8, 4) is 0 Å². The predicted molar refractivity (Wildman–Crippen MR) is 56.6 cm³/mol. The third-order valence-electron chi connectivity index (χ3n) is 1.64. The molecule has 14 heavy (non-hydrogen) atoms. The Labute approximate surface area is 87.2 Å². The van der Waals surface area contributed by atoms with Crippen LogP contribution in [0.1, 0.15) is 0 Å². The molecule has 0 aliphatic carbocycles. The Bertz CT molecular complexity index is 386. The van der Waals surface area contributed by atoms with Gasteiger partial charge in [-0.3, -0.25) is 4.57 Å². The molecule has 1 aromatic rings. The van der Waals surface area contributed by atoms with E-state index < -0.39 is 0 Å². The Hall–Kier alpha value is -1.13. The summed E-state index contributed by atoms with van der Waals surface area (Å²) in [6.45, 7) is 4.92. The highest BCUT2D eigenvalue weighted by Gasteiger charge is 2.00. The van der Waals surface area contributed by atoms with Gasteiger partial charge in [-0.1, -0.05) is 18.2 Å². The van der Waals surface area contributed by atoms with E-state index in [4.69, 9.17) is 11.6 Å². The molecule has 76 valence electrons. The zero-order valence-corrected chi connectivity index (χ0v) is 8.71. The Balaban J connectivity index is 2.81. The molecule has 1 rings (SSSR count). The molecule has 0 radical (unpaired) electrons. The van der Waals surface area contributed by atoms with Gasteiger partial charge in [0.05, 0.1) is 11.2 Å². The van der Waals surface area contributed by atoms with Crippen molar-refractivity contribution in [2.24, 2.45) is 0 Å². The summed E-state index contributed by atoms with van der Waals surface area (Å²) in [5.74, 6) is 0. The molecule has 0 aromatic carbocycles. The van der Waals surface area contributed by atoms with E-state index in [9.17, 15) is 4.79 Å². The quantitative estimate of drug-likeness (QED) is 0.748. The topological polar surface area (TPSA) is 46.9 Å². The van der Waals surface area contributed by atoms with Gasteiger partial charge in [-0.05, 0) is 12.6 Å². The largest absolute Gasteiger partial charge is 0.347 e. The van der Waals surface area contributed by atoms with Gasteiger partial charge < -0.3 is 5.32 Å². The Morgan fingerprint density at radius 1 is 1.79 bits per heavy atom. The predicted octanol–water partition coefficient (Wildman–Crippen LogP) is 0.672. The molecular weight excluding hydrogens is 202 g/mol. The highest BCUT2D eigenvalue weighted by Crippen LogP contribution is 2.02. The van der Waals surface area contributed by atoms with Crippen molar-refractivity contribution in [2.75, 3.05) is 13.6 Å². The lowest BCUT2D eigenvalue weighted by Crippen LogP contribution is -2.24. The first-order valence-electron chi connectivity index (χ1n) is 4.16. The van der Waals surface area contributed by atoms with E-state index in [0.717, 1.165) is 5.57 Å². The molecule has 0 bridgehead atoms. The standard InChI is InChI=1S/C9H12ClN3O/c1-7(3-11-2)5-13-6-8(10)4-12-9(13)14/h4,6,11H,1,3,5H2,2H3. The number of likely N-dealkylation sites (N-methyl/N-ethyl adjacent to an activating group) is 1. The summed E-state index contributed by atoms with van der Waals surface area (Å²) in [6, 6.07) is 0. The van der Waals surface area contributed by atoms with Crippen LogP contribution in [-0.2, 0) is 6.54 Å². The van der Waals surface area contributed by atoms with Crippen LogP contribution < -0.4 is 11.0 Å². The van der Waals surface area contributed by atoms with Crippen LogP contribution in [0.4, 0.5) is 0 Å². The molecule has 0 aliphatic rings. The van der Waals surface area contributed by atoms with Crippen molar-refractivity contribution in [1.29, 1.82) is 0 Å². The van der Waals surface area contributed by atoms with Crippen LogP contribution in [0.5, 0.6) is 0 Å². The van der Waals surface area contributed by atoms with Gasteiger partial charge in [0.25, 0.3) is 0 Å². The van der Waals surface area contributed by atoms with Crippen molar-refractivity contribution >= 4 is 11.6 Å². The normalized spacial score (nSPS) is 10.1. The van der Waals surface area contributed by atoms with Crippen LogP contribution >= 0.6 is 11.6 Å². The van der Waals surface area contributed by atoms with Crippen LogP contribution in [0.15, 0.2) is 29.3 Å². The summed E-state index contributed by atoms with van der Waals surface area (Å²) >= 11 is 5.71. The van der Waals surface area contributed by atoms with Gasteiger partial charge >= 0.3 is 5.69 Å². The fraction of sp³-hybridized carbons (Fsp3) is 0.333. The summed E-state index contributed by atoms with van der Waals surface area (Å²) in [7, 11) is 1.82. The summed E-state index contributed by atoms with van der Waals surface area (Å²) in [5.41, 5.74) is 0.588. The number of nitrogens with zero attached hydrogens (tertiary/aromatic N) is 2. The van der Waals surface area contributed by atoms with Crippen molar-refractivity contribution in [2.45, 2.75) is 6.54 Å². The number of hydrogen-bond acceptors (Lipinski definition) is 3. The average Bonchev–Trinajstić information content (AvgIpc) is 2.12. The third kappa shape index (κ3) is 2.97. The number of rotatable bonds is 4. The third-order valence-corrected chi connectivity index (χ3v) is 1.84. The molecule has 0 unspecified atom stereocenters. The second kappa shape index (κ2) is 4.93. The minimum Gasteiger partial charge on any atom is -0.316 e. The molecule has 0 saturated heterocycles. The van der Waals surface area contributed by atoms with Crippen LogP contribution in [0, 0.1) is 0 Å². The molecule has 1 aromatic heterocycles. The molecule has 0 amide bonds. The van der Waals surface area contributed by atoms with Gasteiger partial charge in [-0.2, -0.15) is 0 Å². The van der Waals surface area contributed by atoms with Crippen molar-refractivity contribution in [3.05, 3.63) is 40.1 Å². The van der Waals surface area contributed by atoms with Crippen molar-refractivity contribution < 1.29 is 0 Å². The van der Waals surface area contributed by atoms with E-state index in [1.54, 1.807) is 6.20 Å². The van der Waals surface area contributed by atoms with Gasteiger partial charge in [-0.15, -0.1) is 0 Å². The number of aromatic nitrogens is 2. The average molecular weight is 214 g/mol. The lowest BCUT2D eigenvalue weighted by atomic mass is 10.3. The molecule has 0 atom stereocenters. The molecule has 1 heterocycles. The second-order valence-corrected chi connectivity index (χ2v) is 3.40. The lowest BCUT2D eigenvalue weighted by molar-refractivity contribution is 0.689. The number of halogens is 1. The van der Waals surface area contributed by atoms with Crippen LogP contribution in [0.2, 0.25) is 5.02 Å². The molecule has 0 spiro atoms. The Kier molecular flexibility index (Phi) is 3.85. The molecule has 0 aliphatic heterocycles. The van der Waals surface area contributed by atoms with E-state index >= 15 is 0 Å². The minimum atomic E-state index is -0.313. The van der Waals surface area contributed by atoms with Crippen molar-refractivity contribution in [1.82, 2.24) is 14.9 Å². The van der Waals surface area contributed by atoms with E-state index in [2.05, 4.69) is 16.9 Å². The maximum absolute atomic E-state index is 11.2. The smallest absolute Gasteiger partial charge is 0.316 e. The van der Waals surface area contributed by atoms with E-state index in [0.29, 0.717) is 18.1 Å². The SMILES string of the molecule is C=C(CNC)Cn1cc(Cl)cnc1=O. The molecule has 4 nitrogen and oxygen atoms in total. The van der Waals surface area contributed by atoms with Gasteiger partial charge in [0.15, 0.2) is 0 Å². The van der Waals surface area contributed by atoms with E-state index in [1.165, 1.54) is 10.8 Å². The number of nitrogens with one attached hydrogen (secondary N) is 1. The first-order valence-corrected chi connectivity index (χ1v) is 4.54. The lowest BCUT2D eigenvalue weighted by Gasteiger charge is -2.07. The zero-order chi connectivity index (χ0) is 10.6. The first-order chi connectivity index (χ1) is 6.63. The molecule has 0 fully saturated rings. The van der Waals surface area contributed by atoms with Gasteiger partial charge in [0.2, 0.25) is 0 Å². The minimum absolute atomic E-state index is 0.313. The summed E-state index contributed by atoms with van der Waals surface area (Å²) < 4.78 is 1.43. The van der Waals surface area contributed by atoms with Gasteiger partial charge in [0.1, 0.15) is 0 Å². The van der Waals surface area contributed by atoms with Crippen LogP contribution in [0.3, 0.4) is 0 Å². The summed E-state index contributed by atoms with van der Waals surface area (Å²) in [6.07, 6.45) is 2.89. The zero-order valence-electron chi connectivity index (χ0n) is 7.96. The van der Waals surface area contributed by atoms with E-state index in [-0.39, 0.29) is 5.69 Å². The van der Waals surface area contributed by atoms with E-state index in [1.807, 2.05) is 7.05 Å². The maximum atomic E-state index is 11.2. The summed E-state index contributed by atoms with van der Waals surface area (Å²) in [4.78, 5) is 14.8. The maximum Gasteiger partial charge on any atom is 0.347 e. The fourth-order valence-electron chi connectivity index (χ4n) is 1.09. The summed E-state index contributed by atoms with van der Waals surface area (Å²) in [5, 5.41) is 3.40. The van der Waals surface area contributed by atoms with Crippen molar-refractivity contribution in [3.63, 3.8) is 0 Å². The van der Waals surface area contributed by atoms with Crippen LogP contribution in [0.25, 0.3) is 0 Å².